The average Bonchev–Trinajstić information content (AvgIpc) is 2.01. The molecule has 14 heavy (non-hydrogen) atoms. The van der Waals surface area contributed by atoms with Crippen LogP contribution in [0.15, 0.2) is 25.0 Å². The van der Waals surface area contributed by atoms with E-state index in [1.807, 2.05) is 6.92 Å². The summed E-state index contributed by atoms with van der Waals surface area (Å²) in [6, 6.07) is 4.37. The molecule has 0 fully saturated rings. The van der Waals surface area contributed by atoms with Gasteiger partial charge in [0.05, 0.1) is 6.26 Å². The molecule has 0 N–H and O–H groups in total. The molecule has 0 saturated heterocycles. The van der Waals surface area contributed by atoms with Gasteiger partial charge in [-0.3, -0.25) is 0 Å². The van der Waals surface area contributed by atoms with Gasteiger partial charge in [-0.05, 0) is 44.4 Å². The first kappa shape index (κ1) is 10.8. The van der Waals surface area contributed by atoms with Crippen LogP contribution in [0.4, 0.5) is 0 Å². The Hall–Kier alpha value is -1.24. The molecule has 1 rings (SSSR count). The van der Waals surface area contributed by atoms with Crippen LogP contribution in [0.2, 0.25) is 0 Å². The van der Waals surface area contributed by atoms with Gasteiger partial charge < -0.3 is 4.74 Å². The van der Waals surface area contributed by atoms with Gasteiger partial charge in [-0.1, -0.05) is 24.3 Å². The van der Waals surface area contributed by atoms with Crippen LogP contribution in [-0.2, 0) is 4.74 Å². The first-order valence-corrected chi connectivity index (χ1v) is 4.90. The van der Waals surface area contributed by atoms with E-state index in [9.17, 15) is 0 Å². The number of ether oxygens (including phenoxy) is 1. The van der Waals surface area contributed by atoms with Crippen LogP contribution in [-0.4, -0.2) is 0 Å². The predicted molar refractivity (Wildman–Crippen MR) is 60.4 cm³/mol. The lowest BCUT2D eigenvalue weighted by Crippen LogP contribution is -2.01. The molecular formula is C13H18O. The molecular weight excluding hydrogens is 172 g/mol. The van der Waals surface area contributed by atoms with Gasteiger partial charge in [0.1, 0.15) is 6.10 Å². The van der Waals surface area contributed by atoms with Crippen molar-refractivity contribution in [1.82, 2.24) is 0 Å². The zero-order chi connectivity index (χ0) is 10.7. The van der Waals surface area contributed by atoms with Gasteiger partial charge in [0.15, 0.2) is 0 Å². The number of benzene rings is 1. The van der Waals surface area contributed by atoms with Crippen molar-refractivity contribution in [3.05, 3.63) is 47.2 Å². The molecule has 1 atom stereocenters. The second-order valence-corrected chi connectivity index (χ2v) is 3.76. The minimum atomic E-state index is 0.0908. The van der Waals surface area contributed by atoms with Crippen LogP contribution in [0.3, 0.4) is 0 Å². The number of hydrogen-bond donors (Lipinski definition) is 0. The Morgan fingerprint density at radius 3 is 2.14 bits per heavy atom. The maximum atomic E-state index is 5.39. The lowest BCUT2D eigenvalue weighted by molar-refractivity contribution is 0.164. The van der Waals surface area contributed by atoms with E-state index in [4.69, 9.17) is 4.74 Å². The fourth-order valence-corrected chi connectivity index (χ4v) is 2.04. The summed E-state index contributed by atoms with van der Waals surface area (Å²) in [6.45, 7) is 12.0. The third-order valence-corrected chi connectivity index (χ3v) is 2.44. The monoisotopic (exact) mass is 190 g/mol. The van der Waals surface area contributed by atoms with Crippen LogP contribution < -0.4 is 0 Å². The van der Waals surface area contributed by atoms with Crippen molar-refractivity contribution in [2.75, 3.05) is 0 Å². The Balaban J connectivity index is 3.13. The van der Waals surface area contributed by atoms with Crippen LogP contribution in [0.1, 0.15) is 35.3 Å². The van der Waals surface area contributed by atoms with Crippen molar-refractivity contribution < 1.29 is 4.74 Å². The molecule has 0 saturated carbocycles. The molecule has 1 aromatic carbocycles. The Labute approximate surface area is 86.4 Å². The first-order valence-electron chi connectivity index (χ1n) is 4.90. The lowest BCUT2D eigenvalue weighted by Gasteiger charge is -2.17. The number of aryl methyl sites for hydroxylation is 3. The molecule has 1 aromatic rings. The molecule has 0 aromatic heterocycles. The molecule has 0 heterocycles. The number of rotatable bonds is 3. The maximum Gasteiger partial charge on any atom is 0.120 e. The average molecular weight is 190 g/mol. The molecule has 0 radical (unpaired) electrons. The van der Waals surface area contributed by atoms with E-state index < -0.39 is 0 Å². The highest BCUT2D eigenvalue weighted by Gasteiger charge is 2.11. The van der Waals surface area contributed by atoms with Crippen molar-refractivity contribution >= 4 is 0 Å². The molecule has 1 heteroatoms. The molecule has 1 nitrogen and oxygen atoms in total. The van der Waals surface area contributed by atoms with E-state index >= 15 is 0 Å². The van der Waals surface area contributed by atoms with Crippen LogP contribution in [0.5, 0.6) is 0 Å². The summed E-state index contributed by atoms with van der Waals surface area (Å²) in [5.41, 5.74) is 5.15. The summed E-state index contributed by atoms with van der Waals surface area (Å²) >= 11 is 0. The summed E-state index contributed by atoms with van der Waals surface area (Å²) in [5, 5.41) is 0. The minimum Gasteiger partial charge on any atom is -0.494 e. The van der Waals surface area contributed by atoms with Crippen LogP contribution >= 0.6 is 0 Å². The van der Waals surface area contributed by atoms with Gasteiger partial charge in [-0.2, -0.15) is 0 Å². The van der Waals surface area contributed by atoms with Crippen molar-refractivity contribution in [1.29, 1.82) is 0 Å². The summed E-state index contributed by atoms with van der Waals surface area (Å²) in [7, 11) is 0. The Bertz CT molecular complexity index is 316. The zero-order valence-corrected chi connectivity index (χ0v) is 9.42. The van der Waals surface area contributed by atoms with E-state index in [-0.39, 0.29) is 6.10 Å². The van der Waals surface area contributed by atoms with Crippen molar-refractivity contribution in [2.24, 2.45) is 0 Å². The largest absolute Gasteiger partial charge is 0.494 e. The highest BCUT2D eigenvalue weighted by atomic mass is 16.5. The standard InChI is InChI=1S/C13H18O/c1-6-14-12(5)13-10(3)7-9(2)8-11(13)4/h6-8,12H,1H2,2-5H3. The smallest absolute Gasteiger partial charge is 0.120 e. The maximum absolute atomic E-state index is 5.39. The van der Waals surface area contributed by atoms with Gasteiger partial charge in [0, 0.05) is 0 Å². The van der Waals surface area contributed by atoms with Crippen molar-refractivity contribution in [3.8, 4) is 0 Å². The third kappa shape index (κ3) is 2.16. The van der Waals surface area contributed by atoms with Gasteiger partial charge in [0.25, 0.3) is 0 Å². The molecule has 0 spiro atoms. The van der Waals surface area contributed by atoms with E-state index in [0.29, 0.717) is 0 Å². The molecule has 0 aliphatic heterocycles. The van der Waals surface area contributed by atoms with Gasteiger partial charge >= 0.3 is 0 Å². The van der Waals surface area contributed by atoms with E-state index in [1.54, 1.807) is 0 Å². The molecule has 0 aliphatic carbocycles. The van der Waals surface area contributed by atoms with Gasteiger partial charge in [0.2, 0.25) is 0 Å². The summed E-state index contributed by atoms with van der Waals surface area (Å²) in [6.07, 6.45) is 1.59. The Morgan fingerprint density at radius 2 is 1.71 bits per heavy atom. The van der Waals surface area contributed by atoms with Crippen molar-refractivity contribution in [2.45, 2.75) is 33.8 Å². The predicted octanol–water partition coefficient (Wildman–Crippen LogP) is 3.83. The fourth-order valence-electron chi connectivity index (χ4n) is 2.04. The Kier molecular flexibility index (Phi) is 3.34. The first-order chi connectivity index (χ1) is 6.56. The topological polar surface area (TPSA) is 9.23 Å². The second-order valence-electron chi connectivity index (χ2n) is 3.76. The van der Waals surface area contributed by atoms with Gasteiger partial charge in [-0.25, -0.2) is 0 Å². The summed E-state index contributed by atoms with van der Waals surface area (Å²) < 4.78 is 5.39. The van der Waals surface area contributed by atoms with E-state index in [1.165, 1.54) is 28.5 Å². The molecule has 0 amide bonds. The second kappa shape index (κ2) is 4.32. The van der Waals surface area contributed by atoms with E-state index in [2.05, 4.69) is 39.5 Å². The highest BCUT2D eigenvalue weighted by Crippen LogP contribution is 2.25. The SMILES string of the molecule is C=COC(C)c1c(C)cc(C)cc1C. The highest BCUT2D eigenvalue weighted by molar-refractivity contribution is 5.38. The quantitative estimate of drug-likeness (QED) is 0.658. The summed E-state index contributed by atoms with van der Waals surface area (Å²) in [4.78, 5) is 0. The normalized spacial score (nSPS) is 12.3. The molecule has 1 unspecified atom stereocenters. The molecule has 0 bridgehead atoms. The van der Waals surface area contributed by atoms with Crippen molar-refractivity contribution in [3.63, 3.8) is 0 Å². The van der Waals surface area contributed by atoms with Gasteiger partial charge in [-0.15, -0.1) is 0 Å². The summed E-state index contributed by atoms with van der Waals surface area (Å²) in [5.74, 6) is 0. The minimum absolute atomic E-state index is 0.0908. The van der Waals surface area contributed by atoms with E-state index in [0.717, 1.165) is 0 Å². The Morgan fingerprint density at radius 1 is 1.21 bits per heavy atom. The number of hydrogen-bond acceptors (Lipinski definition) is 1. The fraction of sp³-hybridized carbons (Fsp3) is 0.385. The molecule has 0 aliphatic rings. The van der Waals surface area contributed by atoms with Crippen LogP contribution in [0.25, 0.3) is 0 Å². The molecule has 76 valence electrons. The zero-order valence-electron chi connectivity index (χ0n) is 9.42. The van der Waals surface area contributed by atoms with Crippen LogP contribution in [0, 0.1) is 20.8 Å². The third-order valence-electron chi connectivity index (χ3n) is 2.44. The lowest BCUT2D eigenvalue weighted by atomic mass is 9.96.